The molecule has 14 heteroatoms. The molecule has 0 saturated heterocycles. The largest absolute Gasteiger partial charge is 0.490 e. The number of aliphatic hydroxyl groups is 5. The van der Waals surface area contributed by atoms with Crippen LogP contribution in [0.25, 0.3) is 11.1 Å². The number of aromatic nitrogens is 1. The van der Waals surface area contributed by atoms with Gasteiger partial charge in [0.25, 0.3) is 0 Å². The Hall–Kier alpha value is -2.98. The van der Waals surface area contributed by atoms with Crippen molar-refractivity contribution in [2.45, 2.75) is 112 Å². The van der Waals surface area contributed by atoms with E-state index in [0.29, 0.717) is 29.8 Å². The zero-order valence-electron chi connectivity index (χ0n) is 28.4. The van der Waals surface area contributed by atoms with Crippen molar-refractivity contribution >= 4 is 27.4 Å². The van der Waals surface area contributed by atoms with E-state index in [4.69, 9.17) is 26.2 Å². The second kappa shape index (κ2) is 17.7. The lowest BCUT2D eigenvalue weighted by Gasteiger charge is -2.25. The number of rotatable bonds is 22. The first kappa shape index (κ1) is 39.2. The Morgan fingerprint density at radius 3 is 2.43 bits per heavy atom. The van der Waals surface area contributed by atoms with Crippen molar-refractivity contribution in [1.82, 2.24) is 9.71 Å². The first-order chi connectivity index (χ1) is 24.4. The zero-order valence-corrected chi connectivity index (χ0v) is 29.9. The molecule has 2 aliphatic rings. The van der Waals surface area contributed by atoms with E-state index in [2.05, 4.69) is 9.71 Å². The van der Waals surface area contributed by atoms with Crippen molar-refractivity contribution in [3.05, 3.63) is 77.1 Å². The molecule has 1 heterocycles. The summed E-state index contributed by atoms with van der Waals surface area (Å²) in [4.78, 5) is 16.7. The number of aliphatic hydroxyl groups excluding tert-OH is 5. The van der Waals surface area contributed by atoms with Crippen LogP contribution in [-0.2, 0) is 31.8 Å². The summed E-state index contributed by atoms with van der Waals surface area (Å²) in [5, 5.41) is 48.2. The number of nitrogens with one attached hydrogen (secondary N) is 1. The number of nitrogens with zero attached hydrogens (tertiary/aromatic N) is 1. The minimum absolute atomic E-state index is 0.0385. The summed E-state index contributed by atoms with van der Waals surface area (Å²) in [5.41, 5.74) is 2.88. The normalized spacial score (nSPS) is 17.8. The highest BCUT2D eigenvalue weighted by molar-refractivity contribution is 7.89. The first-order valence-corrected chi connectivity index (χ1v) is 19.3. The Morgan fingerprint density at radius 2 is 1.71 bits per heavy atom. The summed E-state index contributed by atoms with van der Waals surface area (Å²) in [6, 6.07) is 14.5. The summed E-state index contributed by atoms with van der Waals surface area (Å²) in [7, 11) is -3.85. The Bertz CT molecular complexity index is 1730. The number of halogens is 1. The first-order valence-electron chi connectivity index (χ1n) is 17.4. The average molecular weight is 747 g/mol. The number of carbonyl (C=O) groups excluding carboxylic acids is 1. The van der Waals surface area contributed by atoms with Gasteiger partial charge in [-0.2, -0.15) is 0 Å². The summed E-state index contributed by atoms with van der Waals surface area (Å²) < 4.78 is 41.6. The number of carbonyl (C=O) groups is 1. The predicted molar refractivity (Wildman–Crippen MR) is 189 cm³/mol. The van der Waals surface area contributed by atoms with Crippen molar-refractivity contribution in [2.75, 3.05) is 13.2 Å². The molecule has 5 rings (SSSR count). The number of hydrogen-bond acceptors (Lipinski definition) is 11. The van der Waals surface area contributed by atoms with Crippen LogP contribution in [-0.4, -0.2) is 88.4 Å². The molecule has 0 unspecified atom stereocenters. The number of hydrogen-bond donors (Lipinski definition) is 6. The lowest BCUT2D eigenvalue weighted by atomic mass is 9.96. The fourth-order valence-corrected chi connectivity index (χ4v) is 7.18. The second-order valence-corrected chi connectivity index (χ2v) is 15.5. The molecule has 1 aromatic heterocycles. The molecule has 2 fully saturated rings. The molecule has 0 amide bonds. The molecule has 0 bridgehead atoms. The van der Waals surface area contributed by atoms with Gasteiger partial charge >= 0.3 is 0 Å². The SMILES string of the molecule is O=C(CCCCCNS(=O)(=O)c1ccc(Cl)c(COC2(c3cnccc3-c3ccccc3OC3CC3)CC2)c1)CC[C@H](O)[C@@H](O)[C@H](O)[C@H](O)CO. The summed E-state index contributed by atoms with van der Waals surface area (Å²) in [6.07, 6.45) is 2.66. The number of unbranched alkanes of at least 4 members (excludes halogenated alkanes) is 2. The second-order valence-electron chi connectivity index (χ2n) is 13.4. The Labute approximate surface area is 303 Å². The van der Waals surface area contributed by atoms with Gasteiger partial charge in [0.15, 0.2) is 0 Å². The lowest BCUT2D eigenvalue weighted by molar-refractivity contribution is -0.125. The highest BCUT2D eigenvalue weighted by Crippen LogP contribution is 2.53. The maximum absolute atomic E-state index is 13.1. The van der Waals surface area contributed by atoms with Gasteiger partial charge in [-0.1, -0.05) is 36.2 Å². The van der Waals surface area contributed by atoms with Crippen molar-refractivity contribution in [3.63, 3.8) is 0 Å². The third-order valence-electron chi connectivity index (χ3n) is 9.31. The summed E-state index contributed by atoms with van der Waals surface area (Å²) >= 11 is 6.51. The molecule has 6 N–H and O–H groups in total. The minimum Gasteiger partial charge on any atom is -0.490 e. The number of pyridine rings is 1. The average Bonchev–Trinajstić information content (AvgIpc) is 4.08. The molecule has 0 radical (unpaired) electrons. The van der Waals surface area contributed by atoms with Crippen molar-refractivity contribution in [3.8, 4) is 16.9 Å². The highest BCUT2D eigenvalue weighted by atomic mass is 35.5. The van der Waals surface area contributed by atoms with Crippen LogP contribution in [0.2, 0.25) is 5.02 Å². The van der Waals surface area contributed by atoms with Crippen LogP contribution in [0.5, 0.6) is 5.75 Å². The molecule has 12 nitrogen and oxygen atoms in total. The standard InChI is InChI=1S/C37H47ClN2O10S/c38-31-13-12-27(51(47,48)40-18-5-1-2-6-25(42)9-14-32(43)35(45)36(46)33(44)22-41)20-24(31)23-49-37(16-17-37)30-21-39-19-15-28(30)29-7-3-4-8-34(29)50-26-10-11-26/h3-4,7-8,12-13,15,19-21,26,32-33,35-36,40-41,43-46H,1-2,5-6,9-11,14,16-18,22-23H2/t32-,33+,35+,36+/m0/s1. The fourth-order valence-electron chi connectivity index (χ4n) is 5.88. The van der Waals surface area contributed by atoms with Gasteiger partial charge in [0, 0.05) is 47.9 Å². The van der Waals surface area contributed by atoms with Gasteiger partial charge in [0.1, 0.15) is 29.8 Å². The molecule has 2 aromatic carbocycles. The van der Waals surface area contributed by atoms with Gasteiger partial charge in [-0.3, -0.25) is 9.78 Å². The van der Waals surface area contributed by atoms with Crippen molar-refractivity contribution < 1.29 is 48.2 Å². The monoisotopic (exact) mass is 746 g/mol. The maximum Gasteiger partial charge on any atom is 0.240 e. The highest BCUT2D eigenvalue weighted by Gasteiger charge is 2.48. The van der Waals surface area contributed by atoms with Crippen LogP contribution in [0.3, 0.4) is 0 Å². The van der Waals surface area contributed by atoms with E-state index in [1.165, 1.54) is 12.1 Å². The predicted octanol–water partition coefficient (Wildman–Crippen LogP) is 3.77. The molecule has 2 aliphatic carbocycles. The number of para-hydroxylation sites is 1. The summed E-state index contributed by atoms with van der Waals surface area (Å²) in [5.74, 6) is 0.671. The van der Waals surface area contributed by atoms with Crippen LogP contribution < -0.4 is 9.46 Å². The van der Waals surface area contributed by atoms with E-state index in [1.54, 1.807) is 12.3 Å². The van der Waals surface area contributed by atoms with Crippen LogP contribution in [0.1, 0.15) is 75.3 Å². The van der Waals surface area contributed by atoms with Crippen molar-refractivity contribution in [2.24, 2.45) is 0 Å². The quantitative estimate of drug-likeness (QED) is 0.0820. The van der Waals surface area contributed by atoms with E-state index in [1.807, 2.05) is 36.5 Å². The number of sulfonamides is 1. The van der Waals surface area contributed by atoms with E-state index in [0.717, 1.165) is 48.1 Å². The number of benzene rings is 2. The van der Waals surface area contributed by atoms with Crippen LogP contribution in [0.4, 0.5) is 0 Å². The Kier molecular flexibility index (Phi) is 13.6. The van der Waals surface area contributed by atoms with Crippen molar-refractivity contribution in [1.29, 1.82) is 0 Å². The van der Waals surface area contributed by atoms with Crippen LogP contribution in [0, 0.1) is 0 Å². The van der Waals surface area contributed by atoms with Gasteiger partial charge < -0.3 is 35.0 Å². The topological polar surface area (TPSA) is 196 Å². The maximum atomic E-state index is 13.1. The van der Waals surface area contributed by atoms with Gasteiger partial charge in [-0.15, -0.1) is 0 Å². The molecule has 0 spiro atoms. The van der Waals surface area contributed by atoms with Gasteiger partial charge in [0.05, 0.1) is 35.9 Å². The third kappa shape index (κ3) is 10.6. The molecule has 4 atom stereocenters. The minimum atomic E-state index is -3.85. The molecular weight excluding hydrogens is 700 g/mol. The molecule has 2 saturated carbocycles. The Balaban J connectivity index is 1.10. The third-order valence-corrected chi connectivity index (χ3v) is 11.1. The molecule has 0 aliphatic heterocycles. The Morgan fingerprint density at radius 1 is 0.961 bits per heavy atom. The van der Waals surface area contributed by atoms with E-state index in [9.17, 15) is 33.6 Å². The van der Waals surface area contributed by atoms with E-state index in [-0.39, 0.29) is 49.2 Å². The molecule has 51 heavy (non-hydrogen) atoms. The van der Waals surface area contributed by atoms with E-state index >= 15 is 0 Å². The zero-order chi connectivity index (χ0) is 36.6. The lowest BCUT2D eigenvalue weighted by Crippen LogP contribution is -2.45. The fraction of sp³-hybridized carbons (Fsp3) is 0.514. The number of ether oxygens (including phenoxy) is 2. The van der Waals surface area contributed by atoms with Crippen LogP contribution >= 0.6 is 11.6 Å². The van der Waals surface area contributed by atoms with Gasteiger partial charge in [0.2, 0.25) is 10.0 Å². The molecular formula is C37H47ClN2O10S. The van der Waals surface area contributed by atoms with Gasteiger partial charge in [-0.05, 0) is 86.4 Å². The van der Waals surface area contributed by atoms with Gasteiger partial charge in [-0.25, -0.2) is 13.1 Å². The molecule has 278 valence electrons. The van der Waals surface area contributed by atoms with E-state index < -0.39 is 46.6 Å². The smallest absolute Gasteiger partial charge is 0.240 e. The van der Waals surface area contributed by atoms with Crippen LogP contribution in [0.15, 0.2) is 65.8 Å². The number of Topliss-reactive ketones (excluding diaryl/α,β-unsaturated/α-hetero) is 1. The molecule has 3 aromatic rings. The summed E-state index contributed by atoms with van der Waals surface area (Å²) in [6.45, 7) is -0.510. The number of ketones is 1.